The number of esters is 1. The minimum absolute atomic E-state index is 0.0116. The first-order chi connectivity index (χ1) is 36.6. The number of methoxy groups -OCH3 is 4. The van der Waals surface area contributed by atoms with Crippen LogP contribution in [0.15, 0.2) is 48.1 Å². The lowest BCUT2D eigenvalue weighted by Gasteiger charge is -2.67. The van der Waals surface area contributed by atoms with Crippen LogP contribution >= 0.6 is 0 Å². The van der Waals surface area contributed by atoms with Gasteiger partial charge in [0, 0.05) is 66.1 Å². The molecule has 9 rings (SSSR count). The molecule has 4 saturated heterocycles. The van der Waals surface area contributed by atoms with E-state index in [1.807, 2.05) is 57.2 Å². The number of hydrogen-bond donors (Lipinski definition) is 5. The van der Waals surface area contributed by atoms with Gasteiger partial charge in [0.15, 0.2) is 25.2 Å². The van der Waals surface area contributed by atoms with Crippen molar-refractivity contribution in [1.82, 2.24) is 0 Å². The molecule has 19 nitrogen and oxygen atoms in total. The van der Waals surface area contributed by atoms with Crippen LogP contribution in [0, 0.1) is 16.7 Å². The van der Waals surface area contributed by atoms with Crippen LogP contribution in [-0.4, -0.2) is 193 Å². The number of hydrogen-bond acceptors (Lipinski definition) is 19. The van der Waals surface area contributed by atoms with Crippen LogP contribution in [0.2, 0.25) is 0 Å². The predicted molar refractivity (Wildman–Crippen MR) is 276 cm³/mol. The Labute approximate surface area is 454 Å². The van der Waals surface area contributed by atoms with Crippen molar-refractivity contribution in [2.75, 3.05) is 28.4 Å². The largest absolute Gasteiger partial charge is 0.458 e. The minimum Gasteiger partial charge on any atom is -0.458 e. The van der Waals surface area contributed by atoms with Gasteiger partial charge < -0.3 is 87.1 Å². The first-order valence-corrected chi connectivity index (χ1v) is 28.1. The second-order valence-corrected chi connectivity index (χ2v) is 23.8. The van der Waals surface area contributed by atoms with Crippen molar-refractivity contribution < 1.29 is 91.9 Å². The molecular formula is C58H88O19. The number of aliphatic hydroxyl groups excluding tert-OH is 2. The highest BCUT2D eigenvalue weighted by atomic mass is 16.8. The van der Waals surface area contributed by atoms with E-state index in [0.29, 0.717) is 44.9 Å². The molecule has 25 atom stereocenters. The Morgan fingerprint density at radius 2 is 1.17 bits per heavy atom. The number of aliphatic hydroxyl groups is 5. The Kier molecular flexibility index (Phi) is 18.0. The fraction of sp³-hybridized carbons (Fsp3) is 0.810. The lowest BCUT2D eigenvalue weighted by Crippen LogP contribution is -2.78. The Balaban J connectivity index is 0.808. The van der Waals surface area contributed by atoms with Gasteiger partial charge in [0.2, 0.25) is 0 Å². The SMILES string of the molecule is CO[C@@H]1C[C@H](O[C@H]2[C@@H](C)O[C@@H](O[C@H]3[C@@H](C)O[C@@H](O[C@H]4[C@@H](C)O[C@@H](O[C@@H]5CC[C@@]6(C)C(=CC[C@@]7(O)[C@H]6C[C@@H](OC(=O)C=Cc6ccccc6)[C@@]6(C)[C@@]7(O)CC[C@]6(O)[C@H](C)O)C5)C[C@H]4OC)C[C@H]3OC)C[C@H]2OC)O[C@H](C)[C@@H]1O. The lowest BCUT2D eigenvalue weighted by atomic mass is 9.42. The van der Waals surface area contributed by atoms with Gasteiger partial charge in [-0.3, -0.25) is 0 Å². The standard InChI is InChI=1S/C58H88O19/c1-31-50(61)39(65-8)26-47(69-31)75-52-33(3)71-49(28-41(52)67-10)77-53-34(4)72-48(29-42(53)68-11)76-51-32(2)70-46(27-40(51)66-9)73-38-20-21-54(6)37(25-38)19-22-57(63)43(54)30-44(74-45(60)18-17-36-15-13-12-14-16-36)55(7)56(62,35(5)59)23-24-58(55,57)64/h12-19,31-35,38-44,46-53,59,61-64H,20-30H2,1-11H3/t31-,32-,33-,34-,35+,38-,39-,40-,41-,42-,43+,44-,46+,47+,48+,49+,50+,51+,52+,53+,54+,55-,56+,57-,58+/m1/s1. The lowest BCUT2D eigenvalue weighted by molar-refractivity contribution is -0.347. The second kappa shape index (κ2) is 23.4. The number of ether oxygens (including phenoxy) is 13. The van der Waals surface area contributed by atoms with Crippen LogP contribution in [0.4, 0.5) is 0 Å². The van der Waals surface area contributed by atoms with Crippen LogP contribution in [-0.2, 0) is 66.4 Å². The van der Waals surface area contributed by atoms with Crippen molar-refractivity contribution in [3.8, 4) is 0 Å². The van der Waals surface area contributed by atoms with E-state index < -0.39 is 144 Å². The van der Waals surface area contributed by atoms with E-state index in [4.69, 9.17) is 61.6 Å². The van der Waals surface area contributed by atoms with Crippen molar-refractivity contribution in [2.24, 2.45) is 16.7 Å². The average molecular weight is 1090 g/mol. The highest BCUT2D eigenvalue weighted by Crippen LogP contribution is 2.71. The number of benzene rings is 1. The van der Waals surface area contributed by atoms with E-state index in [2.05, 4.69) is 6.92 Å². The number of fused-ring (bicyclic) bond motifs is 5. The molecule has 4 aliphatic heterocycles. The molecule has 0 aromatic heterocycles. The third kappa shape index (κ3) is 10.8. The summed E-state index contributed by atoms with van der Waals surface area (Å²) in [5.41, 5.74) is -5.79. The first-order valence-electron chi connectivity index (χ1n) is 28.1. The fourth-order valence-electron chi connectivity index (χ4n) is 15.1. The third-order valence-corrected chi connectivity index (χ3v) is 19.8. The Morgan fingerprint density at radius 3 is 1.68 bits per heavy atom. The van der Waals surface area contributed by atoms with Crippen LogP contribution in [0.5, 0.6) is 0 Å². The van der Waals surface area contributed by atoms with Crippen molar-refractivity contribution >= 4 is 12.0 Å². The maximum atomic E-state index is 13.6. The van der Waals surface area contributed by atoms with Crippen LogP contribution < -0.4 is 0 Å². The molecule has 3 saturated carbocycles. The molecule has 4 heterocycles. The topological polar surface area (TPSA) is 238 Å². The van der Waals surface area contributed by atoms with Crippen molar-refractivity contribution in [3.05, 3.63) is 53.6 Å². The van der Waals surface area contributed by atoms with E-state index in [-0.39, 0.29) is 37.9 Å². The summed E-state index contributed by atoms with van der Waals surface area (Å²) in [6.45, 7) is 12.8. The van der Waals surface area contributed by atoms with Crippen molar-refractivity contribution in [3.63, 3.8) is 0 Å². The fourth-order valence-corrected chi connectivity index (χ4v) is 15.1. The van der Waals surface area contributed by atoms with Gasteiger partial charge in [0.25, 0.3) is 0 Å². The Bertz CT molecular complexity index is 2220. The molecule has 19 heteroatoms. The molecule has 0 spiro atoms. The molecule has 1 aromatic rings. The van der Waals surface area contributed by atoms with E-state index in [1.54, 1.807) is 48.4 Å². The Hall–Kier alpha value is -2.51. The maximum Gasteiger partial charge on any atom is 0.331 e. The molecular weight excluding hydrogens is 1000 g/mol. The van der Waals surface area contributed by atoms with Gasteiger partial charge in [-0.2, -0.15) is 0 Å². The zero-order valence-corrected chi connectivity index (χ0v) is 46.9. The summed E-state index contributed by atoms with van der Waals surface area (Å²) in [5, 5.41) is 59.9. The van der Waals surface area contributed by atoms with E-state index >= 15 is 0 Å². The number of carbonyl (C=O) groups excluding carboxylic acids is 1. The summed E-state index contributed by atoms with van der Waals surface area (Å²) in [6, 6.07) is 9.35. The number of carbonyl (C=O) groups is 1. The summed E-state index contributed by atoms with van der Waals surface area (Å²) < 4.78 is 81.7. The molecule has 77 heavy (non-hydrogen) atoms. The predicted octanol–water partition coefficient (Wildman–Crippen LogP) is 5.03. The molecule has 7 fully saturated rings. The highest BCUT2D eigenvalue weighted by molar-refractivity contribution is 5.87. The summed E-state index contributed by atoms with van der Waals surface area (Å²) in [5.74, 6) is -1.19. The van der Waals surface area contributed by atoms with E-state index in [9.17, 15) is 30.3 Å². The monoisotopic (exact) mass is 1090 g/mol. The molecule has 0 bridgehead atoms. The van der Waals surface area contributed by atoms with E-state index in [1.165, 1.54) is 13.0 Å². The van der Waals surface area contributed by atoms with Crippen LogP contribution in [0.1, 0.15) is 125 Å². The van der Waals surface area contributed by atoms with Gasteiger partial charge in [-0.05, 0) is 96.6 Å². The zero-order chi connectivity index (χ0) is 55.4. The summed E-state index contributed by atoms with van der Waals surface area (Å²) >= 11 is 0. The van der Waals surface area contributed by atoms with Gasteiger partial charge in [-0.25, -0.2) is 4.79 Å². The highest BCUT2D eigenvalue weighted by Gasteiger charge is 2.81. The van der Waals surface area contributed by atoms with Crippen molar-refractivity contribution in [2.45, 2.75) is 253 Å². The zero-order valence-electron chi connectivity index (χ0n) is 46.9. The average Bonchev–Trinajstić information content (AvgIpc) is 3.95. The van der Waals surface area contributed by atoms with Gasteiger partial charge in [0.1, 0.15) is 47.3 Å². The summed E-state index contributed by atoms with van der Waals surface area (Å²) in [6.07, 6.45) is -1.99. The summed E-state index contributed by atoms with van der Waals surface area (Å²) in [7, 11) is 6.49. The normalized spacial score (nSPS) is 48.6. The van der Waals surface area contributed by atoms with Crippen molar-refractivity contribution in [1.29, 1.82) is 0 Å². The molecule has 1 aromatic carbocycles. The van der Waals surface area contributed by atoms with Crippen LogP contribution in [0.25, 0.3) is 6.08 Å². The molecule has 0 radical (unpaired) electrons. The Morgan fingerprint density at radius 1 is 0.675 bits per heavy atom. The van der Waals surface area contributed by atoms with Gasteiger partial charge in [0.05, 0.1) is 66.5 Å². The van der Waals surface area contributed by atoms with Gasteiger partial charge >= 0.3 is 5.97 Å². The van der Waals surface area contributed by atoms with Gasteiger partial charge in [-0.1, -0.05) is 55.8 Å². The van der Waals surface area contributed by atoms with Gasteiger partial charge in [-0.15, -0.1) is 0 Å². The summed E-state index contributed by atoms with van der Waals surface area (Å²) in [4.78, 5) is 13.6. The van der Waals surface area contributed by atoms with Crippen LogP contribution in [0.3, 0.4) is 0 Å². The molecule has 4 aliphatic carbocycles. The number of rotatable bonds is 16. The minimum atomic E-state index is -1.91. The molecule has 0 unspecified atom stereocenters. The molecule has 434 valence electrons. The molecule has 0 amide bonds. The second-order valence-electron chi connectivity index (χ2n) is 23.8. The van der Waals surface area contributed by atoms with E-state index in [0.717, 1.165) is 11.1 Å². The molecule has 8 aliphatic rings. The maximum absolute atomic E-state index is 13.6. The quantitative estimate of drug-likeness (QED) is 0.0829. The smallest absolute Gasteiger partial charge is 0.331 e. The third-order valence-electron chi connectivity index (χ3n) is 19.8. The molecule has 5 N–H and O–H groups in total. The first kappa shape index (κ1) is 59.1.